The molecule has 0 saturated carbocycles. The highest BCUT2D eigenvalue weighted by Gasteiger charge is 2.29. The first-order chi connectivity index (χ1) is 6.82. The Morgan fingerprint density at radius 2 is 1.93 bits per heavy atom. The number of alkyl halides is 1. The van der Waals surface area contributed by atoms with Gasteiger partial charge in [0.05, 0.1) is 4.47 Å². The summed E-state index contributed by atoms with van der Waals surface area (Å²) in [6, 6.07) is 0. The topological polar surface area (TPSA) is 85.9 Å². The molecule has 1 aromatic heterocycles. The standard InChI is InChI=1S/C7H9BrFN3O2S/c1-4(15(10,13)14)6(9)7-11-2-5(8)3-12-7/h2-4,6H,1H3,(H2,10,13,14). The van der Waals surface area contributed by atoms with Gasteiger partial charge in [-0.1, -0.05) is 0 Å². The van der Waals surface area contributed by atoms with E-state index in [1.165, 1.54) is 19.3 Å². The van der Waals surface area contributed by atoms with Crippen molar-refractivity contribution in [2.24, 2.45) is 5.14 Å². The fourth-order valence-electron chi connectivity index (χ4n) is 0.841. The van der Waals surface area contributed by atoms with Crippen LogP contribution in [0.5, 0.6) is 0 Å². The van der Waals surface area contributed by atoms with E-state index < -0.39 is 21.4 Å². The summed E-state index contributed by atoms with van der Waals surface area (Å²) in [4.78, 5) is 7.32. The molecule has 84 valence electrons. The lowest BCUT2D eigenvalue weighted by atomic mass is 10.3. The molecule has 2 atom stereocenters. The van der Waals surface area contributed by atoms with Gasteiger partial charge in [0.25, 0.3) is 0 Å². The third-order valence-electron chi connectivity index (χ3n) is 1.82. The molecular weight excluding hydrogens is 289 g/mol. The van der Waals surface area contributed by atoms with Gasteiger partial charge in [0.1, 0.15) is 5.25 Å². The maximum atomic E-state index is 13.6. The van der Waals surface area contributed by atoms with Crippen molar-refractivity contribution in [3.05, 3.63) is 22.7 Å². The Morgan fingerprint density at radius 3 is 2.33 bits per heavy atom. The molecule has 8 heteroatoms. The number of halogens is 2. The van der Waals surface area contributed by atoms with Crippen molar-refractivity contribution < 1.29 is 12.8 Å². The molecule has 1 aromatic rings. The predicted octanol–water partition coefficient (Wildman–Crippen LogP) is 0.927. The molecule has 0 aliphatic carbocycles. The van der Waals surface area contributed by atoms with E-state index in [1.54, 1.807) is 0 Å². The van der Waals surface area contributed by atoms with Crippen LogP contribution >= 0.6 is 15.9 Å². The Labute approximate surface area is 95.1 Å². The van der Waals surface area contributed by atoms with E-state index in [-0.39, 0.29) is 5.82 Å². The number of nitrogens with two attached hydrogens (primary N) is 1. The fourth-order valence-corrected chi connectivity index (χ4v) is 1.50. The maximum Gasteiger partial charge on any atom is 0.215 e. The van der Waals surface area contributed by atoms with Gasteiger partial charge in [-0.05, 0) is 22.9 Å². The van der Waals surface area contributed by atoms with E-state index in [1.807, 2.05) is 0 Å². The SMILES string of the molecule is CC(C(F)c1ncc(Br)cn1)S(N)(=O)=O. The third-order valence-corrected chi connectivity index (χ3v) is 3.50. The zero-order chi connectivity index (χ0) is 11.6. The number of rotatable bonds is 3. The van der Waals surface area contributed by atoms with Crippen molar-refractivity contribution in [3.8, 4) is 0 Å². The van der Waals surface area contributed by atoms with Gasteiger partial charge in [-0.25, -0.2) is 27.9 Å². The van der Waals surface area contributed by atoms with E-state index >= 15 is 0 Å². The summed E-state index contributed by atoms with van der Waals surface area (Å²) in [6.45, 7) is 1.17. The summed E-state index contributed by atoms with van der Waals surface area (Å²) < 4.78 is 35.9. The van der Waals surface area contributed by atoms with E-state index in [2.05, 4.69) is 25.9 Å². The molecule has 0 spiro atoms. The number of sulfonamides is 1. The van der Waals surface area contributed by atoms with Crippen LogP contribution in [0.15, 0.2) is 16.9 Å². The zero-order valence-corrected chi connectivity index (χ0v) is 10.2. The van der Waals surface area contributed by atoms with Crippen LogP contribution in [0.2, 0.25) is 0 Å². The molecule has 2 unspecified atom stereocenters. The molecule has 1 heterocycles. The Balaban J connectivity index is 2.95. The average Bonchev–Trinajstić information content (AvgIpc) is 2.15. The summed E-state index contributed by atoms with van der Waals surface area (Å²) in [6.07, 6.45) is 0.850. The van der Waals surface area contributed by atoms with E-state index in [4.69, 9.17) is 5.14 Å². The molecule has 0 bridgehead atoms. The first-order valence-corrected chi connectivity index (χ1v) is 6.35. The number of nitrogens with zero attached hydrogens (tertiary/aromatic N) is 2. The van der Waals surface area contributed by atoms with Crippen LogP contribution in [0.4, 0.5) is 4.39 Å². The van der Waals surface area contributed by atoms with E-state index in [0.717, 1.165) is 0 Å². The van der Waals surface area contributed by atoms with Crippen LogP contribution in [0.25, 0.3) is 0 Å². The lowest BCUT2D eigenvalue weighted by Gasteiger charge is -2.12. The minimum absolute atomic E-state index is 0.195. The number of hydrogen-bond donors (Lipinski definition) is 1. The van der Waals surface area contributed by atoms with Crippen molar-refractivity contribution >= 4 is 26.0 Å². The molecule has 1 rings (SSSR count). The van der Waals surface area contributed by atoms with Crippen molar-refractivity contribution in [1.82, 2.24) is 9.97 Å². The van der Waals surface area contributed by atoms with Crippen molar-refractivity contribution in [3.63, 3.8) is 0 Å². The number of primary sulfonamides is 1. The molecule has 5 nitrogen and oxygen atoms in total. The van der Waals surface area contributed by atoms with E-state index in [9.17, 15) is 12.8 Å². The van der Waals surface area contributed by atoms with Gasteiger partial charge < -0.3 is 0 Å². The molecule has 0 saturated heterocycles. The van der Waals surface area contributed by atoms with Gasteiger partial charge >= 0.3 is 0 Å². The summed E-state index contributed by atoms with van der Waals surface area (Å²) >= 11 is 3.08. The summed E-state index contributed by atoms with van der Waals surface area (Å²) in [5.41, 5.74) is 0. The first kappa shape index (κ1) is 12.5. The lowest BCUT2D eigenvalue weighted by Crippen LogP contribution is -2.30. The largest absolute Gasteiger partial charge is 0.237 e. The second-order valence-electron chi connectivity index (χ2n) is 2.96. The van der Waals surface area contributed by atoms with Crippen LogP contribution < -0.4 is 5.14 Å². The van der Waals surface area contributed by atoms with Crippen LogP contribution in [0.1, 0.15) is 18.9 Å². The zero-order valence-electron chi connectivity index (χ0n) is 7.76. The summed E-state index contributed by atoms with van der Waals surface area (Å²) in [5, 5.41) is 3.45. The minimum Gasteiger partial charge on any atom is -0.237 e. The molecule has 0 amide bonds. The Kier molecular flexibility index (Phi) is 3.74. The Bertz CT molecular complexity index is 436. The van der Waals surface area contributed by atoms with Crippen LogP contribution in [0.3, 0.4) is 0 Å². The van der Waals surface area contributed by atoms with Gasteiger partial charge in [-0.3, -0.25) is 0 Å². The molecule has 0 aromatic carbocycles. The van der Waals surface area contributed by atoms with Crippen molar-refractivity contribution in [2.75, 3.05) is 0 Å². The van der Waals surface area contributed by atoms with E-state index in [0.29, 0.717) is 4.47 Å². The highest BCUT2D eigenvalue weighted by atomic mass is 79.9. The second-order valence-corrected chi connectivity index (χ2v) is 5.79. The van der Waals surface area contributed by atoms with Gasteiger partial charge in [-0.15, -0.1) is 0 Å². The van der Waals surface area contributed by atoms with Crippen LogP contribution in [-0.4, -0.2) is 23.6 Å². The number of hydrogen-bond acceptors (Lipinski definition) is 4. The molecule has 0 radical (unpaired) electrons. The quantitative estimate of drug-likeness (QED) is 0.899. The lowest BCUT2D eigenvalue weighted by molar-refractivity contribution is 0.318. The minimum atomic E-state index is -3.93. The molecule has 0 aliphatic heterocycles. The van der Waals surface area contributed by atoms with Crippen molar-refractivity contribution in [1.29, 1.82) is 0 Å². The molecule has 15 heavy (non-hydrogen) atoms. The fraction of sp³-hybridized carbons (Fsp3) is 0.429. The highest BCUT2D eigenvalue weighted by molar-refractivity contribution is 9.10. The van der Waals surface area contributed by atoms with Crippen LogP contribution in [-0.2, 0) is 10.0 Å². The predicted molar refractivity (Wildman–Crippen MR) is 56.2 cm³/mol. The Morgan fingerprint density at radius 1 is 1.47 bits per heavy atom. The number of aromatic nitrogens is 2. The van der Waals surface area contributed by atoms with Crippen LogP contribution in [0, 0.1) is 0 Å². The van der Waals surface area contributed by atoms with Gasteiger partial charge in [-0.2, -0.15) is 0 Å². The normalized spacial score (nSPS) is 16.0. The molecule has 0 aliphatic rings. The average molecular weight is 298 g/mol. The van der Waals surface area contributed by atoms with Crippen molar-refractivity contribution in [2.45, 2.75) is 18.3 Å². The Hall–Kier alpha value is -0.600. The molecule has 0 fully saturated rings. The first-order valence-electron chi connectivity index (χ1n) is 3.95. The third kappa shape index (κ3) is 3.18. The molecular formula is C7H9BrFN3O2S. The van der Waals surface area contributed by atoms with Gasteiger partial charge in [0.2, 0.25) is 10.0 Å². The second kappa shape index (κ2) is 4.50. The van der Waals surface area contributed by atoms with Gasteiger partial charge in [0, 0.05) is 12.4 Å². The maximum absolute atomic E-state index is 13.6. The summed E-state index contributed by atoms with van der Waals surface area (Å²) in [7, 11) is -3.93. The molecule has 2 N–H and O–H groups in total. The van der Waals surface area contributed by atoms with Gasteiger partial charge in [0.15, 0.2) is 12.0 Å². The smallest absolute Gasteiger partial charge is 0.215 e. The monoisotopic (exact) mass is 297 g/mol. The highest BCUT2D eigenvalue weighted by Crippen LogP contribution is 2.22. The summed E-state index contributed by atoms with van der Waals surface area (Å²) in [5.74, 6) is -0.195.